The van der Waals surface area contributed by atoms with E-state index >= 15 is 0 Å². The number of ether oxygens (including phenoxy) is 1. The molecule has 1 nitrogen and oxygen atoms in total. The van der Waals surface area contributed by atoms with Crippen LogP contribution in [0.5, 0.6) is 5.75 Å². The van der Waals surface area contributed by atoms with Gasteiger partial charge in [-0.25, -0.2) is 4.39 Å². The Kier molecular flexibility index (Phi) is 3.08. The van der Waals surface area contributed by atoms with E-state index in [9.17, 15) is 4.39 Å². The van der Waals surface area contributed by atoms with Gasteiger partial charge in [-0.15, -0.1) is 0 Å². The van der Waals surface area contributed by atoms with Crippen molar-refractivity contribution in [3.63, 3.8) is 0 Å². The lowest BCUT2D eigenvalue weighted by Gasteiger charge is -2.09. The molecular weight excluding hydrogens is 239 g/mol. The van der Waals surface area contributed by atoms with E-state index in [4.69, 9.17) is 4.74 Å². The lowest BCUT2D eigenvalue weighted by molar-refractivity contribution is 0.415. The predicted octanol–water partition coefficient (Wildman–Crippen LogP) is 4.43. The molecule has 96 valence electrons. The second kappa shape index (κ2) is 4.88. The summed E-state index contributed by atoms with van der Waals surface area (Å²) in [6.45, 7) is 0. The number of methoxy groups -OCH3 is 1. The predicted molar refractivity (Wildman–Crippen MR) is 74.7 cm³/mol. The average Bonchev–Trinajstić information content (AvgIpc) is 3.27. The van der Waals surface area contributed by atoms with Gasteiger partial charge < -0.3 is 4.74 Å². The Balaban J connectivity index is 2.02. The van der Waals surface area contributed by atoms with Gasteiger partial charge in [-0.05, 0) is 53.8 Å². The average molecular weight is 254 g/mol. The van der Waals surface area contributed by atoms with Crippen LogP contribution in [0.1, 0.15) is 24.0 Å². The third-order valence-electron chi connectivity index (χ3n) is 3.37. The number of halogens is 1. The SMILES string of the molecule is COc1ccc(C(=C2CC2)c2ccc(F)cc2)cc1. The number of benzene rings is 2. The van der Waals surface area contributed by atoms with Crippen molar-refractivity contribution in [3.05, 3.63) is 71.0 Å². The molecule has 0 spiro atoms. The molecule has 0 heterocycles. The van der Waals surface area contributed by atoms with Gasteiger partial charge in [0.15, 0.2) is 0 Å². The topological polar surface area (TPSA) is 9.23 Å². The van der Waals surface area contributed by atoms with Crippen LogP contribution in [0.25, 0.3) is 5.57 Å². The molecule has 0 N–H and O–H groups in total. The van der Waals surface area contributed by atoms with Gasteiger partial charge in [-0.1, -0.05) is 29.8 Å². The smallest absolute Gasteiger partial charge is 0.123 e. The highest BCUT2D eigenvalue weighted by molar-refractivity contribution is 5.84. The second-order valence-electron chi connectivity index (χ2n) is 4.71. The maximum Gasteiger partial charge on any atom is 0.123 e. The number of hydrogen-bond acceptors (Lipinski definition) is 1. The normalized spacial score (nSPS) is 13.3. The molecule has 1 aliphatic rings. The van der Waals surface area contributed by atoms with Crippen LogP contribution in [0.15, 0.2) is 54.1 Å². The largest absolute Gasteiger partial charge is 0.497 e. The monoisotopic (exact) mass is 254 g/mol. The third kappa shape index (κ3) is 2.53. The van der Waals surface area contributed by atoms with E-state index in [2.05, 4.69) is 12.1 Å². The molecule has 3 rings (SSSR count). The maximum atomic E-state index is 13.0. The summed E-state index contributed by atoms with van der Waals surface area (Å²) >= 11 is 0. The molecule has 1 saturated carbocycles. The minimum atomic E-state index is -0.196. The summed E-state index contributed by atoms with van der Waals surface area (Å²) in [5.74, 6) is 0.654. The molecule has 1 aliphatic carbocycles. The van der Waals surface area contributed by atoms with Crippen molar-refractivity contribution in [1.82, 2.24) is 0 Å². The third-order valence-corrected chi connectivity index (χ3v) is 3.37. The fourth-order valence-corrected chi connectivity index (χ4v) is 2.26. The van der Waals surface area contributed by atoms with Gasteiger partial charge in [0.2, 0.25) is 0 Å². The fraction of sp³-hybridized carbons (Fsp3) is 0.176. The van der Waals surface area contributed by atoms with Crippen molar-refractivity contribution in [2.75, 3.05) is 7.11 Å². The first-order chi connectivity index (χ1) is 9.28. The van der Waals surface area contributed by atoms with Gasteiger partial charge in [-0.2, -0.15) is 0 Å². The highest BCUT2D eigenvalue weighted by Gasteiger charge is 2.20. The van der Waals surface area contributed by atoms with E-state index in [1.165, 1.54) is 28.8 Å². The van der Waals surface area contributed by atoms with Crippen LogP contribution in [0.4, 0.5) is 4.39 Å². The Morgan fingerprint density at radius 1 is 0.895 bits per heavy atom. The van der Waals surface area contributed by atoms with E-state index in [1.807, 2.05) is 24.3 Å². The summed E-state index contributed by atoms with van der Waals surface area (Å²) in [6, 6.07) is 14.8. The van der Waals surface area contributed by atoms with E-state index in [1.54, 1.807) is 7.11 Å². The standard InChI is InChI=1S/C17H15FO/c1-19-16-10-6-14(7-11-16)17(12-2-3-12)13-4-8-15(18)9-5-13/h4-11H,2-3H2,1H3. The van der Waals surface area contributed by atoms with Crippen molar-refractivity contribution >= 4 is 5.57 Å². The van der Waals surface area contributed by atoms with Crippen molar-refractivity contribution < 1.29 is 9.13 Å². The van der Waals surface area contributed by atoms with Crippen LogP contribution < -0.4 is 4.74 Å². The molecule has 0 radical (unpaired) electrons. The molecule has 1 fully saturated rings. The quantitative estimate of drug-likeness (QED) is 0.787. The van der Waals surface area contributed by atoms with E-state index < -0.39 is 0 Å². The summed E-state index contributed by atoms with van der Waals surface area (Å²) in [5.41, 5.74) is 4.93. The van der Waals surface area contributed by atoms with Gasteiger partial charge in [0.25, 0.3) is 0 Å². The fourth-order valence-electron chi connectivity index (χ4n) is 2.26. The molecule has 0 aromatic heterocycles. The van der Waals surface area contributed by atoms with E-state index in [0.717, 1.165) is 24.2 Å². The summed E-state index contributed by atoms with van der Waals surface area (Å²) in [7, 11) is 1.66. The van der Waals surface area contributed by atoms with Gasteiger partial charge in [0.05, 0.1) is 7.11 Å². The molecule has 0 saturated heterocycles. The van der Waals surface area contributed by atoms with Crippen LogP contribution in [0.2, 0.25) is 0 Å². The van der Waals surface area contributed by atoms with Crippen molar-refractivity contribution in [1.29, 1.82) is 0 Å². The highest BCUT2D eigenvalue weighted by atomic mass is 19.1. The first-order valence-electron chi connectivity index (χ1n) is 6.40. The molecular formula is C17H15FO. The summed E-state index contributed by atoms with van der Waals surface area (Å²) < 4.78 is 18.2. The van der Waals surface area contributed by atoms with Crippen molar-refractivity contribution in [3.8, 4) is 5.75 Å². The Morgan fingerprint density at radius 2 is 1.42 bits per heavy atom. The summed E-state index contributed by atoms with van der Waals surface area (Å²) in [6.07, 6.45) is 2.28. The minimum absolute atomic E-state index is 0.196. The van der Waals surface area contributed by atoms with Crippen LogP contribution in [-0.2, 0) is 0 Å². The number of rotatable bonds is 3. The van der Waals surface area contributed by atoms with Crippen LogP contribution >= 0.6 is 0 Å². The van der Waals surface area contributed by atoms with Gasteiger partial charge in [0, 0.05) is 0 Å². The summed E-state index contributed by atoms with van der Waals surface area (Å²) in [5, 5.41) is 0. The molecule has 0 unspecified atom stereocenters. The van der Waals surface area contributed by atoms with Crippen LogP contribution in [0.3, 0.4) is 0 Å². The molecule has 0 bridgehead atoms. The van der Waals surface area contributed by atoms with E-state index in [-0.39, 0.29) is 5.82 Å². The van der Waals surface area contributed by atoms with Gasteiger partial charge >= 0.3 is 0 Å². The Labute approximate surface area is 112 Å². The maximum absolute atomic E-state index is 13.0. The summed E-state index contributed by atoms with van der Waals surface area (Å²) in [4.78, 5) is 0. The molecule has 2 heteroatoms. The lowest BCUT2D eigenvalue weighted by atomic mass is 9.97. The Hall–Kier alpha value is -2.09. The number of allylic oxidation sites excluding steroid dienone is 1. The van der Waals surface area contributed by atoms with Gasteiger partial charge in [-0.3, -0.25) is 0 Å². The van der Waals surface area contributed by atoms with Gasteiger partial charge in [0.1, 0.15) is 11.6 Å². The molecule has 2 aromatic rings. The molecule has 0 amide bonds. The minimum Gasteiger partial charge on any atom is -0.497 e. The highest BCUT2D eigenvalue weighted by Crippen LogP contribution is 2.40. The first kappa shape index (κ1) is 12.0. The zero-order valence-corrected chi connectivity index (χ0v) is 10.8. The molecule has 19 heavy (non-hydrogen) atoms. The van der Waals surface area contributed by atoms with Crippen molar-refractivity contribution in [2.45, 2.75) is 12.8 Å². The zero-order chi connectivity index (χ0) is 13.2. The van der Waals surface area contributed by atoms with E-state index in [0.29, 0.717) is 0 Å². The molecule has 2 aromatic carbocycles. The zero-order valence-electron chi connectivity index (χ0n) is 10.8. The Bertz CT molecular complexity index is 603. The van der Waals surface area contributed by atoms with Crippen molar-refractivity contribution in [2.24, 2.45) is 0 Å². The first-order valence-corrected chi connectivity index (χ1v) is 6.40. The Morgan fingerprint density at radius 3 is 1.89 bits per heavy atom. The van der Waals surface area contributed by atoms with Crippen LogP contribution in [-0.4, -0.2) is 7.11 Å². The second-order valence-corrected chi connectivity index (χ2v) is 4.71. The molecule has 0 aliphatic heterocycles. The van der Waals surface area contributed by atoms with Crippen LogP contribution in [0, 0.1) is 5.82 Å². The molecule has 0 atom stereocenters. The number of hydrogen-bond donors (Lipinski definition) is 0. The lowest BCUT2D eigenvalue weighted by Crippen LogP contribution is -1.90.